The number of carboxylic acids is 1. The predicted octanol–water partition coefficient (Wildman–Crippen LogP) is 2.97. The van der Waals surface area contributed by atoms with Gasteiger partial charge in [0.1, 0.15) is 55.4 Å². The topological polar surface area (TPSA) is 335 Å². The van der Waals surface area contributed by atoms with Crippen molar-refractivity contribution in [2.45, 2.75) is 279 Å². The van der Waals surface area contributed by atoms with Gasteiger partial charge in [-0.2, -0.15) is 0 Å². The van der Waals surface area contributed by atoms with Crippen molar-refractivity contribution >= 4 is 17.8 Å². The Hall–Kier alpha value is -2.15. The molecule has 2 amide bonds. The van der Waals surface area contributed by atoms with Gasteiger partial charge in [0, 0.05) is 12.8 Å². The predicted molar refractivity (Wildman–Crippen MR) is 267 cm³/mol. The fourth-order valence-electron chi connectivity index (χ4n) is 9.45. The molecule has 72 heavy (non-hydrogen) atoms. The fraction of sp³-hybridized carbons (Fsp3) is 0.942. The van der Waals surface area contributed by atoms with Gasteiger partial charge in [0.25, 0.3) is 5.79 Å². The highest BCUT2D eigenvalue weighted by Gasteiger charge is 2.57. The van der Waals surface area contributed by atoms with Gasteiger partial charge in [0.2, 0.25) is 11.8 Å². The Balaban J connectivity index is 2.07. The zero-order valence-electron chi connectivity index (χ0n) is 43.8. The number of aliphatic hydroxyl groups excluding tert-OH is 10. The Labute approximate surface area is 428 Å². The molecule has 14 atom stereocenters. The smallest absolute Gasteiger partial charge is 0.364 e. The van der Waals surface area contributed by atoms with Crippen LogP contribution in [0.1, 0.15) is 194 Å². The number of rotatable bonds is 42. The van der Waals surface area contributed by atoms with E-state index in [1.54, 1.807) is 0 Å². The van der Waals surface area contributed by atoms with E-state index in [9.17, 15) is 70.6 Å². The maximum atomic E-state index is 13.3. The average Bonchev–Trinajstić information content (AvgIpc) is 3.35. The molecule has 0 aromatic rings. The number of carbonyl (C=O) groups is 3. The van der Waals surface area contributed by atoms with Crippen LogP contribution in [-0.2, 0) is 33.3 Å². The van der Waals surface area contributed by atoms with Crippen LogP contribution in [0.15, 0.2) is 0 Å². The molecule has 0 aromatic carbocycles. The lowest BCUT2D eigenvalue weighted by Gasteiger charge is -2.47. The van der Waals surface area contributed by atoms with Crippen molar-refractivity contribution in [1.29, 1.82) is 0 Å². The number of hydrogen-bond acceptors (Lipinski definition) is 17. The summed E-state index contributed by atoms with van der Waals surface area (Å²) in [6.07, 6.45) is 6.51. The normalized spacial score (nSPS) is 26.8. The maximum absolute atomic E-state index is 13.3. The molecule has 13 N–H and O–H groups in total. The highest BCUT2D eigenvalue weighted by molar-refractivity contribution is 5.78. The lowest BCUT2D eigenvalue weighted by Crippen LogP contribution is -2.68. The first-order valence-corrected chi connectivity index (χ1v) is 27.5. The first kappa shape index (κ1) is 66.0. The van der Waals surface area contributed by atoms with Crippen LogP contribution >= 0.6 is 0 Å². The molecule has 2 heterocycles. The lowest BCUT2D eigenvalue weighted by atomic mass is 9.88. The number of amides is 2. The van der Waals surface area contributed by atoms with Gasteiger partial charge in [0.15, 0.2) is 6.29 Å². The molecule has 0 saturated carbocycles. The van der Waals surface area contributed by atoms with Crippen LogP contribution in [0.5, 0.6) is 0 Å². The number of nitrogens with one attached hydrogen (secondary N) is 2. The van der Waals surface area contributed by atoms with E-state index in [-0.39, 0.29) is 12.8 Å². The Kier molecular flexibility index (Phi) is 34.4. The Morgan fingerprint density at radius 2 is 1.18 bits per heavy atom. The van der Waals surface area contributed by atoms with Gasteiger partial charge in [-0.05, 0) is 18.8 Å². The summed E-state index contributed by atoms with van der Waals surface area (Å²) in [6, 6.07) is -2.83. The molecule has 2 aliphatic rings. The molecular weight excluding hydrogens is 941 g/mol. The van der Waals surface area contributed by atoms with Crippen molar-refractivity contribution in [3.8, 4) is 0 Å². The molecule has 2 aliphatic heterocycles. The maximum Gasteiger partial charge on any atom is 0.364 e. The quantitative estimate of drug-likeness (QED) is 0.0391. The second kappa shape index (κ2) is 37.6. The van der Waals surface area contributed by atoms with Crippen molar-refractivity contribution in [3.63, 3.8) is 0 Å². The van der Waals surface area contributed by atoms with Crippen LogP contribution < -0.4 is 10.6 Å². The molecule has 2 fully saturated rings. The summed E-state index contributed by atoms with van der Waals surface area (Å²) in [5.41, 5.74) is 0. The van der Waals surface area contributed by atoms with Crippen LogP contribution in [0, 0.1) is 5.92 Å². The molecule has 0 bridgehead atoms. The second-order valence-corrected chi connectivity index (χ2v) is 20.8. The molecule has 0 spiro atoms. The zero-order valence-corrected chi connectivity index (χ0v) is 43.8. The summed E-state index contributed by atoms with van der Waals surface area (Å²) in [5, 5.41) is 121. The molecule has 2 rings (SSSR count). The third-order valence-corrected chi connectivity index (χ3v) is 14.1. The van der Waals surface area contributed by atoms with E-state index in [1.165, 1.54) is 89.9 Å². The highest BCUT2D eigenvalue weighted by atomic mass is 16.7. The summed E-state index contributed by atoms with van der Waals surface area (Å²) >= 11 is 0. The Bertz CT molecular complexity index is 1430. The number of ether oxygens (including phenoxy) is 4. The molecule has 20 heteroatoms. The minimum absolute atomic E-state index is 0.148. The molecule has 0 radical (unpaired) electrons. The second-order valence-electron chi connectivity index (χ2n) is 20.8. The van der Waals surface area contributed by atoms with Crippen LogP contribution in [0.25, 0.3) is 0 Å². The molecule has 424 valence electrons. The molecule has 20 nitrogen and oxygen atoms in total. The SMILES string of the molecule is CCCCCCCCCCCCCCCCCC(=O)NC(COC1OC(COC2(C(=O)O)CC(O)C(NC(=O)CO)C(C(O)C(O)CO)O2)C(O)C(O)C1O)C(O)C(O)CCCCCCCCCCC(C)C. The van der Waals surface area contributed by atoms with Gasteiger partial charge in [-0.15, -0.1) is 0 Å². The van der Waals surface area contributed by atoms with Crippen LogP contribution in [0.2, 0.25) is 0 Å². The van der Waals surface area contributed by atoms with Gasteiger partial charge in [-0.3, -0.25) is 9.59 Å². The minimum Gasteiger partial charge on any atom is -0.477 e. The summed E-state index contributed by atoms with van der Waals surface area (Å²) in [7, 11) is 0. The number of unbranched alkanes of at least 4 members (excludes halogenated alkanes) is 21. The summed E-state index contributed by atoms with van der Waals surface area (Å²) in [6.45, 7) is 3.11. The minimum atomic E-state index is -2.86. The van der Waals surface area contributed by atoms with E-state index in [0.29, 0.717) is 18.8 Å². The number of hydrogen-bond donors (Lipinski definition) is 13. The van der Waals surface area contributed by atoms with Crippen molar-refractivity contribution in [1.82, 2.24) is 10.6 Å². The number of carbonyl (C=O) groups excluding carboxylic acids is 2. The molecule has 0 aliphatic carbocycles. The van der Waals surface area contributed by atoms with Crippen LogP contribution in [0.3, 0.4) is 0 Å². The van der Waals surface area contributed by atoms with E-state index < -0.39 is 136 Å². The van der Waals surface area contributed by atoms with E-state index in [2.05, 4.69) is 31.4 Å². The van der Waals surface area contributed by atoms with Crippen molar-refractivity contribution in [3.05, 3.63) is 0 Å². The number of carboxylic acid groups (broad SMARTS) is 1. The van der Waals surface area contributed by atoms with E-state index in [0.717, 1.165) is 51.4 Å². The first-order chi connectivity index (χ1) is 34.4. The van der Waals surface area contributed by atoms with E-state index >= 15 is 0 Å². The number of aliphatic hydroxyl groups is 10. The van der Waals surface area contributed by atoms with Crippen molar-refractivity contribution in [2.75, 3.05) is 26.4 Å². The van der Waals surface area contributed by atoms with Crippen LogP contribution in [0.4, 0.5) is 0 Å². The molecule has 0 aromatic heterocycles. The Morgan fingerprint density at radius 3 is 1.68 bits per heavy atom. The van der Waals surface area contributed by atoms with Gasteiger partial charge >= 0.3 is 5.97 Å². The standard InChI is InChI=1S/C52H98N2O18/c1-4-5-6-7-8-9-10-11-12-13-14-15-20-23-26-29-41(60)53-36(44(62)37(57)28-25-22-19-17-16-18-21-24-27-35(2)3)33-69-50-48(66)47(65)46(64)40(71-50)34-70-52(51(67)68)30-38(58)43(54-42(61)32-56)49(72-52)45(63)39(59)31-55/h35-40,43-50,55-59,62-66H,4-34H2,1-3H3,(H,53,60)(H,54,61)(H,67,68). The van der Waals surface area contributed by atoms with Crippen LogP contribution in [-0.4, -0.2) is 186 Å². The fourth-order valence-corrected chi connectivity index (χ4v) is 9.45. The largest absolute Gasteiger partial charge is 0.477 e. The van der Waals surface area contributed by atoms with E-state index in [4.69, 9.17) is 18.9 Å². The zero-order chi connectivity index (χ0) is 53.5. The van der Waals surface area contributed by atoms with Gasteiger partial charge in [-0.1, -0.05) is 168 Å². The summed E-state index contributed by atoms with van der Waals surface area (Å²) < 4.78 is 22.8. The average molecular weight is 1040 g/mol. The third-order valence-electron chi connectivity index (χ3n) is 14.1. The Morgan fingerprint density at radius 1 is 0.667 bits per heavy atom. The lowest BCUT2D eigenvalue weighted by molar-refractivity contribution is -0.339. The van der Waals surface area contributed by atoms with Gasteiger partial charge < -0.3 is 85.8 Å². The first-order valence-electron chi connectivity index (χ1n) is 27.5. The summed E-state index contributed by atoms with van der Waals surface area (Å²) in [4.78, 5) is 38.1. The molecule has 2 saturated heterocycles. The van der Waals surface area contributed by atoms with Gasteiger partial charge in [0.05, 0.1) is 44.1 Å². The summed E-state index contributed by atoms with van der Waals surface area (Å²) in [5.74, 6) is -5.48. The van der Waals surface area contributed by atoms with E-state index in [1.807, 2.05) is 0 Å². The molecule has 14 unspecified atom stereocenters. The monoisotopic (exact) mass is 1040 g/mol. The highest BCUT2D eigenvalue weighted by Crippen LogP contribution is 2.35. The molecular formula is C52H98N2O18. The number of aliphatic carboxylic acids is 1. The van der Waals surface area contributed by atoms with Gasteiger partial charge in [-0.25, -0.2) is 4.79 Å². The van der Waals surface area contributed by atoms with Crippen molar-refractivity contribution < 1.29 is 89.5 Å². The van der Waals surface area contributed by atoms with Crippen molar-refractivity contribution in [2.24, 2.45) is 5.92 Å². The third kappa shape index (κ3) is 24.7.